The Morgan fingerprint density at radius 1 is 1.13 bits per heavy atom. The van der Waals surface area contributed by atoms with Crippen LogP contribution in [0.4, 0.5) is 0 Å². The standard InChI is InChI=1S/C23H21N5O2/c1-30-22-11-15(5-7-26-22)19-12-21-18-4-2-3-17(20-13-24-8-9-25-20)16(18)6-10-28(21)23(29)14-27-19/h2-5,7-9,11,13,21H,6,10,12,14H2,1H3. The number of ether oxygens (including phenoxy) is 1. The second kappa shape index (κ2) is 7.67. The van der Waals surface area contributed by atoms with Gasteiger partial charge in [-0.05, 0) is 23.6 Å². The van der Waals surface area contributed by atoms with Gasteiger partial charge in [-0.15, -0.1) is 0 Å². The Morgan fingerprint density at radius 3 is 2.90 bits per heavy atom. The summed E-state index contributed by atoms with van der Waals surface area (Å²) in [5, 5.41) is 0. The number of methoxy groups -OCH3 is 1. The molecule has 0 spiro atoms. The second-order valence-electron chi connectivity index (χ2n) is 7.37. The van der Waals surface area contributed by atoms with Crippen LogP contribution in [0, 0.1) is 0 Å². The maximum absolute atomic E-state index is 12.9. The molecule has 0 saturated heterocycles. The lowest BCUT2D eigenvalue weighted by molar-refractivity contribution is -0.132. The number of aliphatic imine (C=N–C) groups is 1. The molecule has 0 aliphatic carbocycles. The second-order valence-corrected chi connectivity index (χ2v) is 7.37. The highest BCUT2D eigenvalue weighted by Gasteiger charge is 2.35. The van der Waals surface area contributed by atoms with E-state index in [1.807, 2.05) is 23.1 Å². The molecular formula is C23H21N5O2. The molecule has 0 saturated carbocycles. The van der Waals surface area contributed by atoms with Gasteiger partial charge in [0.2, 0.25) is 11.8 Å². The van der Waals surface area contributed by atoms with Crippen molar-refractivity contribution in [2.24, 2.45) is 4.99 Å². The quantitative estimate of drug-likeness (QED) is 0.677. The molecule has 30 heavy (non-hydrogen) atoms. The van der Waals surface area contributed by atoms with Gasteiger partial charge in [-0.1, -0.05) is 18.2 Å². The smallest absolute Gasteiger partial charge is 0.244 e. The fraction of sp³-hybridized carbons (Fsp3) is 0.261. The number of nitrogens with zero attached hydrogens (tertiary/aromatic N) is 5. The van der Waals surface area contributed by atoms with Gasteiger partial charge in [-0.2, -0.15) is 0 Å². The Hall–Kier alpha value is -3.61. The first-order valence-corrected chi connectivity index (χ1v) is 9.96. The number of benzene rings is 1. The van der Waals surface area contributed by atoms with Crippen molar-refractivity contribution in [1.29, 1.82) is 0 Å². The van der Waals surface area contributed by atoms with E-state index in [0.29, 0.717) is 18.8 Å². The van der Waals surface area contributed by atoms with Crippen LogP contribution in [0.1, 0.15) is 29.2 Å². The minimum Gasteiger partial charge on any atom is -0.481 e. The van der Waals surface area contributed by atoms with Crippen LogP contribution in [0.15, 0.2) is 60.1 Å². The van der Waals surface area contributed by atoms with Crippen molar-refractivity contribution in [1.82, 2.24) is 19.9 Å². The molecule has 1 amide bonds. The van der Waals surface area contributed by atoms with Crippen molar-refractivity contribution >= 4 is 11.6 Å². The summed E-state index contributed by atoms with van der Waals surface area (Å²) >= 11 is 0. The number of hydrogen-bond donors (Lipinski definition) is 0. The highest BCUT2D eigenvalue weighted by Crippen LogP contribution is 2.38. The van der Waals surface area contributed by atoms with E-state index in [1.165, 1.54) is 5.56 Å². The summed E-state index contributed by atoms with van der Waals surface area (Å²) in [6.07, 6.45) is 8.33. The van der Waals surface area contributed by atoms with Gasteiger partial charge in [0.25, 0.3) is 0 Å². The fourth-order valence-corrected chi connectivity index (χ4v) is 4.36. The fourth-order valence-electron chi connectivity index (χ4n) is 4.36. The van der Waals surface area contributed by atoms with E-state index >= 15 is 0 Å². The molecule has 0 fully saturated rings. The van der Waals surface area contributed by atoms with E-state index < -0.39 is 0 Å². The molecule has 0 bridgehead atoms. The SMILES string of the molecule is COc1cc(C2=NCC(=O)N3CCc4c(-c5cnccn5)cccc4C3C2)ccn1. The lowest BCUT2D eigenvalue weighted by atomic mass is 9.85. The van der Waals surface area contributed by atoms with Crippen LogP contribution in [-0.2, 0) is 11.2 Å². The number of hydrogen-bond acceptors (Lipinski definition) is 6. The van der Waals surface area contributed by atoms with Gasteiger partial charge in [0, 0.05) is 54.5 Å². The van der Waals surface area contributed by atoms with Gasteiger partial charge < -0.3 is 9.64 Å². The van der Waals surface area contributed by atoms with Gasteiger partial charge in [0.1, 0.15) is 6.54 Å². The first-order chi connectivity index (χ1) is 14.7. The first-order valence-electron chi connectivity index (χ1n) is 9.96. The van der Waals surface area contributed by atoms with Crippen LogP contribution >= 0.6 is 0 Å². The van der Waals surface area contributed by atoms with Gasteiger partial charge >= 0.3 is 0 Å². The summed E-state index contributed by atoms with van der Waals surface area (Å²) in [7, 11) is 1.59. The number of fused-ring (bicyclic) bond motifs is 3. The normalized spacial score (nSPS) is 18.2. The topological polar surface area (TPSA) is 80.6 Å². The molecule has 7 nitrogen and oxygen atoms in total. The Bertz CT molecular complexity index is 1130. The molecule has 0 radical (unpaired) electrons. The van der Waals surface area contributed by atoms with Crippen molar-refractivity contribution in [3.8, 4) is 17.1 Å². The first kappa shape index (κ1) is 18.4. The third kappa shape index (κ3) is 3.22. The maximum atomic E-state index is 12.9. The number of carbonyl (C=O) groups excluding carboxylic acids is 1. The third-order valence-corrected chi connectivity index (χ3v) is 5.78. The van der Waals surface area contributed by atoms with E-state index in [9.17, 15) is 4.79 Å². The molecule has 2 aromatic heterocycles. The zero-order valence-corrected chi connectivity index (χ0v) is 16.7. The molecule has 1 atom stereocenters. The Balaban J connectivity index is 1.57. The van der Waals surface area contributed by atoms with E-state index in [2.05, 4.69) is 32.1 Å². The third-order valence-electron chi connectivity index (χ3n) is 5.78. The Morgan fingerprint density at radius 2 is 2.07 bits per heavy atom. The number of rotatable bonds is 3. The lowest BCUT2D eigenvalue weighted by Gasteiger charge is -2.37. The van der Waals surface area contributed by atoms with E-state index in [0.717, 1.165) is 34.5 Å². The zero-order valence-electron chi connectivity index (χ0n) is 16.7. The number of aromatic nitrogens is 3. The minimum atomic E-state index is -0.0571. The molecule has 2 aliphatic heterocycles. The average molecular weight is 399 g/mol. The Labute approximate surface area is 174 Å². The van der Waals surface area contributed by atoms with Crippen LogP contribution in [0.2, 0.25) is 0 Å². The largest absolute Gasteiger partial charge is 0.481 e. The molecule has 4 heterocycles. The maximum Gasteiger partial charge on any atom is 0.244 e. The zero-order chi connectivity index (χ0) is 20.5. The van der Waals surface area contributed by atoms with Gasteiger partial charge in [-0.25, -0.2) is 4.98 Å². The molecule has 1 unspecified atom stereocenters. The van der Waals surface area contributed by atoms with Crippen molar-refractivity contribution in [2.45, 2.75) is 18.9 Å². The van der Waals surface area contributed by atoms with Crippen LogP contribution in [0.5, 0.6) is 5.88 Å². The van der Waals surface area contributed by atoms with E-state index in [4.69, 9.17) is 4.74 Å². The number of amides is 1. The minimum absolute atomic E-state index is 0.0571. The predicted octanol–water partition coefficient (Wildman–Crippen LogP) is 2.87. The number of carbonyl (C=O) groups is 1. The monoisotopic (exact) mass is 399 g/mol. The summed E-state index contributed by atoms with van der Waals surface area (Å²) in [6.45, 7) is 0.839. The number of pyridine rings is 1. The summed E-state index contributed by atoms with van der Waals surface area (Å²) < 4.78 is 5.27. The molecule has 0 N–H and O–H groups in total. The molecule has 7 heteroatoms. The summed E-state index contributed by atoms with van der Waals surface area (Å²) in [5.41, 5.74) is 6.17. The van der Waals surface area contributed by atoms with Crippen molar-refractivity contribution < 1.29 is 9.53 Å². The van der Waals surface area contributed by atoms with Crippen molar-refractivity contribution in [3.05, 3.63) is 71.8 Å². The predicted molar refractivity (Wildman–Crippen MR) is 112 cm³/mol. The molecule has 2 aliphatic rings. The molecule has 3 aromatic rings. The van der Waals surface area contributed by atoms with Crippen LogP contribution in [0.3, 0.4) is 0 Å². The van der Waals surface area contributed by atoms with Crippen LogP contribution in [0.25, 0.3) is 11.3 Å². The van der Waals surface area contributed by atoms with E-state index in [-0.39, 0.29) is 18.5 Å². The van der Waals surface area contributed by atoms with Gasteiger partial charge in [0.05, 0.1) is 25.0 Å². The summed E-state index contributed by atoms with van der Waals surface area (Å²) in [5.74, 6) is 0.600. The molecule has 1 aromatic carbocycles. The lowest BCUT2D eigenvalue weighted by Crippen LogP contribution is -2.40. The van der Waals surface area contributed by atoms with Gasteiger partial charge in [0.15, 0.2) is 0 Å². The molecule has 150 valence electrons. The van der Waals surface area contributed by atoms with Crippen LogP contribution in [-0.4, -0.2) is 51.7 Å². The van der Waals surface area contributed by atoms with Crippen molar-refractivity contribution in [2.75, 3.05) is 20.2 Å². The van der Waals surface area contributed by atoms with Crippen LogP contribution < -0.4 is 4.74 Å². The highest BCUT2D eigenvalue weighted by atomic mass is 16.5. The molecule has 5 rings (SSSR count). The summed E-state index contributed by atoms with van der Waals surface area (Å²) in [6, 6.07) is 9.97. The van der Waals surface area contributed by atoms with Gasteiger partial charge in [-0.3, -0.25) is 19.8 Å². The van der Waals surface area contributed by atoms with Crippen molar-refractivity contribution in [3.63, 3.8) is 0 Å². The average Bonchev–Trinajstić information content (AvgIpc) is 2.98. The molecular weight excluding hydrogens is 378 g/mol. The highest BCUT2D eigenvalue weighted by molar-refractivity contribution is 6.03. The summed E-state index contributed by atoms with van der Waals surface area (Å²) in [4.78, 5) is 32.4. The Kier molecular flexibility index (Phi) is 4.71. The van der Waals surface area contributed by atoms with E-state index in [1.54, 1.807) is 31.9 Å².